The Labute approximate surface area is 118 Å². The van der Waals surface area contributed by atoms with Gasteiger partial charge in [-0.2, -0.15) is 0 Å². The predicted molar refractivity (Wildman–Crippen MR) is 81.4 cm³/mol. The summed E-state index contributed by atoms with van der Waals surface area (Å²) in [4.78, 5) is 4.11. The third-order valence-electron chi connectivity index (χ3n) is 3.87. The zero-order valence-electron chi connectivity index (χ0n) is 11.5. The van der Waals surface area contributed by atoms with Crippen LogP contribution in [-0.2, 0) is 0 Å². The van der Waals surface area contributed by atoms with Crippen molar-refractivity contribution in [2.75, 3.05) is 11.9 Å². The van der Waals surface area contributed by atoms with Crippen LogP contribution in [-0.4, -0.2) is 11.5 Å². The van der Waals surface area contributed by atoms with Crippen LogP contribution in [0.3, 0.4) is 0 Å². The summed E-state index contributed by atoms with van der Waals surface area (Å²) < 4.78 is 13.7. The molecule has 2 aromatic rings. The lowest BCUT2D eigenvalue weighted by molar-refractivity contribution is 0.637. The molecule has 0 atom stereocenters. The molecular formula is C17H19FN2. The Morgan fingerprint density at radius 2 is 2.15 bits per heavy atom. The van der Waals surface area contributed by atoms with Crippen LogP contribution in [0.4, 0.5) is 10.1 Å². The van der Waals surface area contributed by atoms with Gasteiger partial charge in [-0.15, -0.1) is 0 Å². The molecule has 1 N–H and O–H groups in total. The molecule has 1 heterocycles. The number of aromatic nitrogens is 1. The molecule has 20 heavy (non-hydrogen) atoms. The van der Waals surface area contributed by atoms with Crippen molar-refractivity contribution in [2.24, 2.45) is 0 Å². The van der Waals surface area contributed by atoms with Crippen molar-refractivity contribution in [3.8, 4) is 0 Å². The Kier molecular flexibility index (Phi) is 3.95. The second kappa shape index (κ2) is 6.04. The Balaban J connectivity index is 1.71. The summed E-state index contributed by atoms with van der Waals surface area (Å²) in [5.74, 6) is -0.263. The molecule has 0 bridgehead atoms. The number of anilines is 1. The molecule has 0 aliphatic heterocycles. The standard InChI is InChI=1S/C17H19FN2/c18-15-8-4-7-14-16(10-12-20-17(14)15)19-11-9-13-5-2-1-3-6-13/h4-5,7-8,10,12H,1-3,6,9,11H2,(H,19,20). The van der Waals surface area contributed by atoms with E-state index in [-0.39, 0.29) is 5.82 Å². The molecule has 0 fully saturated rings. The fourth-order valence-electron chi connectivity index (χ4n) is 2.78. The normalized spacial score (nSPS) is 15.2. The third-order valence-corrected chi connectivity index (χ3v) is 3.87. The quantitative estimate of drug-likeness (QED) is 0.816. The molecule has 0 radical (unpaired) electrons. The van der Waals surface area contributed by atoms with Gasteiger partial charge in [0.1, 0.15) is 11.3 Å². The molecule has 1 aromatic carbocycles. The van der Waals surface area contributed by atoms with E-state index >= 15 is 0 Å². The molecule has 0 amide bonds. The van der Waals surface area contributed by atoms with Gasteiger partial charge in [-0.25, -0.2) is 4.39 Å². The van der Waals surface area contributed by atoms with Gasteiger partial charge in [0.2, 0.25) is 0 Å². The van der Waals surface area contributed by atoms with E-state index in [0.717, 1.165) is 24.0 Å². The molecule has 1 aliphatic carbocycles. The molecule has 0 saturated carbocycles. The summed E-state index contributed by atoms with van der Waals surface area (Å²) in [6.45, 7) is 0.890. The first-order valence-electron chi connectivity index (χ1n) is 7.29. The van der Waals surface area contributed by atoms with E-state index in [9.17, 15) is 4.39 Å². The number of para-hydroxylation sites is 1. The average Bonchev–Trinajstić information content (AvgIpc) is 2.49. The molecule has 3 rings (SSSR count). The van der Waals surface area contributed by atoms with Crippen LogP contribution in [0, 0.1) is 5.82 Å². The van der Waals surface area contributed by atoms with Crippen molar-refractivity contribution in [2.45, 2.75) is 32.1 Å². The van der Waals surface area contributed by atoms with E-state index in [0.29, 0.717) is 5.52 Å². The maximum absolute atomic E-state index is 13.7. The number of fused-ring (bicyclic) bond motifs is 1. The van der Waals surface area contributed by atoms with Gasteiger partial charge in [0.25, 0.3) is 0 Å². The molecule has 104 valence electrons. The van der Waals surface area contributed by atoms with Crippen LogP contribution in [0.1, 0.15) is 32.1 Å². The van der Waals surface area contributed by atoms with Gasteiger partial charge in [0.05, 0.1) is 0 Å². The van der Waals surface area contributed by atoms with Crippen molar-refractivity contribution in [3.05, 3.63) is 47.9 Å². The summed E-state index contributed by atoms with van der Waals surface area (Å²) in [5, 5.41) is 4.27. The summed E-state index contributed by atoms with van der Waals surface area (Å²) in [6, 6.07) is 7.00. The van der Waals surface area contributed by atoms with Crippen molar-refractivity contribution in [3.63, 3.8) is 0 Å². The van der Waals surface area contributed by atoms with E-state index in [1.165, 1.54) is 31.7 Å². The van der Waals surface area contributed by atoms with Gasteiger partial charge in [-0.1, -0.05) is 23.8 Å². The highest BCUT2D eigenvalue weighted by Gasteiger charge is 2.06. The van der Waals surface area contributed by atoms with E-state index < -0.39 is 0 Å². The minimum Gasteiger partial charge on any atom is -0.384 e. The Morgan fingerprint density at radius 1 is 1.20 bits per heavy atom. The molecule has 3 heteroatoms. The van der Waals surface area contributed by atoms with Crippen LogP contribution in [0.15, 0.2) is 42.1 Å². The predicted octanol–water partition coefficient (Wildman–Crippen LogP) is 4.68. The number of nitrogens with zero attached hydrogens (tertiary/aromatic N) is 1. The van der Waals surface area contributed by atoms with Crippen molar-refractivity contribution in [1.82, 2.24) is 4.98 Å². The fourth-order valence-corrected chi connectivity index (χ4v) is 2.78. The zero-order chi connectivity index (χ0) is 13.8. The van der Waals surface area contributed by atoms with Gasteiger partial charge in [0, 0.05) is 23.8 Å². The topological polar surface area (TPSA) is 24.9 Å². The van der Waals surface area contributed by atoms with Crippen molar-refractivity contribution < 1.29 is 4.39 Å². The number of hydrogen-bond donors (Lipinski definition) is 1. The number of rotatable bonds is 4. The maximum Gasteiger partial charge on any atom is 0.149 e. The minimum atomic E-state index is -0.263. The highest BCUT2D eigenvalue weighted by Crippen LogP contribution is 2.24. The highest BCUT2D eigenvalue weighted by molar-refractivity contribution is 5.91. The fraction of sp³-hybridized carbons (Fsp3) is 0.353. The monoisotopic (exact) mass is 270 g/mol. The van der Waals surface area contributed by atoms with E-state index in [4.69, 9.17) is 0 Å². The van der Waals surface area contributed by atoms with Crippen LogP contribution in [0.25, 0.3) is 10.9 Å². The zero-order valence-corrected chi connectivity index (χ0v) is 11.5. The lowest BCUT2D eigenvalue weighted by atomic mass is 9.97. The lowest BCUT2D eigenvalue weighted by Crippen LogP contribution is -2.05. The van der Waals surface area contributed by atoms with Gasteiger partial charge in [0.15, 0.2) is 0 Å². The first-order valence-corrected chi connectivity index (χ1v) is 7.29. The van der Waals surface area contributed by atoms with Crippen LogP contribution in [0.5, 0.6) is 0 Å². The van der Waals surface area contributed by atoms with Gasteiger partial charge in [-0.3, -0.25) is 4.98 Å². The second-order valence-corrected chi connectivity index (χ2v) is 5.28. The smallest absolute Gasteiger partial charge is 0.149 e. The summed E-state index contributed by atoms with van der Waals surface area (Å²) in [5.41, 5.74) is 2.95. The number of pyridine rings is 1. The highest BCUT2D eigenvalue weighted by atomic mass is 19.1. The second-order valence-electron chi connectivity index (χ2n) is 5.28. The molecule has 1 aromatic heterocycles. The Morgan fingerprint density at radius 3 is 3.00 bits per heavy atom. The van der Waals surface area contributed by atoms with Crippen LogP contribution >= 0.6 is 0 Å². The number of halogens is 1. The molecular weight excluding hydrogens is 251 g/mol. The van der Waals surface area contributed by atoms with Crippen LogP contribution < -0.4 is 5.32 Å². The summed E-state index contributed by atoms with van der Waals surface area (Å²) >= 11 is 0. The van der Waals surface area contributed by atoms with E-state index in [1.807, 2.05) is 12.1 Å². The summed E-state index contributed by atoms with van der Waals surface area (Å²) in [7, 11) is 0. The van der Waals surface area contributed by atoms with Gasteiger partial charge < -0.3 is 5.32 Å². The third kappa shape index (κ3) is 2.82. The lowest BCUT2D eigenvalue weighted by Gasteiger charge is -2.14. The van der Waals surface area contributed by atoms with Crippen LogP contribution in [0.2, 0.25) is 0 Å². The molecule has 1 aliphatic rings. The first kappa shape index (κ1) is 13.1. The van der Waals surface area contributed by atoms with Crippen molar-refractivity contribution in [1.29, 1.82) is 0 Å². The average molecular weight is 270 g/mol. The molecule has 2 nitrogen and oxygen atoms in total. The molecule has 0 spiro atoms. The van der Waals surface area contributed by atoms with Gasteiger partial charge in [-0.05, 0) is 44.2 Å². The number of allylic oxidation sites excluding steroid dienone is 1. The van der Waals surface area contributed by atoms with E-state index in [2.05, 4.69) is 16.4 Å². The largest absolute Gasteiger partial charge is 0.384 e. The van der Waals surface area contributed by atoms with E-state index in [1.54, 1.807) is 17.8 Å². The number of hydrogen-bond acceptors (Lipinski definition) is 2. The number of benzene rings is 1. The molecule has 0 unspecified atom stereocenters. The van der Waals surface area contributed by atoms with Crippen molar-refractivity contribution >= 4 is 16.6 Å². The number of nitrogens with one attached hydrogen (secondary N) is 1. The maximum atomic E-state index is 13.7. The van der Waals surface area contributed by atoms with Gasteiger partial charge >= 0.3 is 0 Å². The summed E-state index contributed by atoms with van der Waals surface area (Å²) in [6.07, 6.45) is 10.2. The SMILES string of the molecule is Fc1cccc2c(NCCC3=CCCCC3)ccnc12. The molecule has 0 saturated heterocycles. The minimum absolute atomic E-state index is 0.263. The first-order chi connectivity index (χ1) is 9.84. The Hall–Kier alpha value is -1.90. The Bertz CT molecular complexity index is 634.